The molecule has 0 radical (unpaired) electrons. The van der Waals surface area contributed by atoms with Crippen molar-refractivity contribution >= 4 is 11.9 Å². The minimum atomic E-state index is -0.751. The summed E-state index contributed by atoms with van der Waals surface area (Å²) in [5, 5.41) is 9.63. The lowest BCUT2D eigenvalue weighted by Gasteiger charge is -2.38. The molecule has 1 N–H and O–H groups in total. The number of carboxylic acid groups (broad SMARTS) is 1. The molecule has 4 heteroatoms. The van der Waals surface area contributed by atoms with Gasteiger partial charge in [-0.25, -0.2) is 0 Å². The van der Waals surface area contributed by atoms with Crippen LogP contribution in [0.25, 0.3) is 0 Å². The molecule has 4 nitrogen and oxygen atoms in total. The molecule has 0 bridgehead atoms. The number of amides is 1. The van der Waals surface area contributed by atoms with Gasteiger partial charge in [0, 0.05) is 18.5 Å². The van der Waals surface area contributed by atoms with E-state index in [-0.39, 0.29) is 17.2 Å². The number of hydrogen-bond acceptors (Lipinski definition) is 2. The number of nitrogens with zero attached hydrogens (tertiary/aromatic N) is 1. The summed E-state index contributed by atoms with van der Waals surface area (Å²) in [5.41, 5.74) is -0.969. The summed E-state index contributed by atoms with van der Waals surface area (Å²) >= 11 is 0. The molecule has 0 spiro atoms. The third kappa shape index (κ3) is 2.69. The molecule has 0 aromatic rings. The molecule has 120 valence electrons. The molecule has 1 saturated heterocycles. The van der Waals surface area contributed by atoms with Crippen molar-refractivity contribution in [3.05, 3.63) is 0 Å². The Bertz CT molecular complexity index is 412. The zero-order valence-electron chi connectivity index (χ0n) is 13.7. The molecular formula is C17H29NO3. The lowest BCUT2D eigenvalue weighted by molar-refractivity contribution is -0.152. The number of carbonyl (C=O) groups excluding carboxylic acids is 1. The van der Waals surface area contributed by atoms with Gasteiger partial charge in [0.2, 0.25) is 5.91 Å². The predicted molar refractivity (Wildman–Crippen MR) is 81.9 cm³/mol. The predicted octanol–water partition coefficient (Wildman–Crippen LogP) is 3.31. The maximum Gasteiger partial charge on any atom is 0.311 e. The number of carbonyl (C=O) groups is 2. The standard InChI is InChI=1S/C17H29NO3/c1-4-16(8-6-5-7-9-16)14(19)18-11-10-17(12-18,13(2)3)15(20)21/h13H,4-12H2,1-3H3,(H,20,21). The largest absolute Gasteiger partial charge is 0.481 e. The van der Waals surface area contributed by atoms with Gasteiger partial charge in [-0.05, 0) is 31.6 Å². The van der Waals surface area contributed by atoms with Crippen LogP contribution in [0.4, 0.5) is 0 Å². The van der Waals surface area contributed by atoms with E-state index in [1.165, 1.54) is 6.42 Å². The molecule has 0 aromatic heterocycles. The Morgan fingerprint density at radius 2 is 1.76 bits per heavy atom. The highest BCUT2D eigenvalue weighted by Gasteiger charge is 2.51. The van der Waals surface area contributed by atoms with E-state index in [4.69, 9.17) is 0 Å². The molecule has 21 heavy (non-hydrogen) atoms. The maximum atomic E-state index is 13.0. The molecule has 2 aliphatic rings. The van der Waals surface area contributed by atoms with Crippen LogP contribution in [0.1, 0.15) is 65.7 Å². The van der Waals surface area contributed by atoms with Crippen molar-refractivity contribution in [1.82, 2.24) is 4.90 Å². The number of hydrogen-bond donors (Lipinski definition) is 1. The first-order chi connectivity index (χ1) is 9.88. The summed E-state index contributed by atoms with van der Waals surface area (Å²) in [7, 11) is 0. The van der Waals surface area contributed by atoms with Crippen LogP contribution in [-0.2, 0) is 9.59 Å². The highest BCUT2D eigenvalue weighted by Crippen LogP contribution is 2.44. The number of likely N-dealkylation sites (tertiary alicyclic amines) is 1. The highest BCUT2D eigenvalue weighted by molar-refractivity contribution is 5.85. The summed E-state index contributed by atoms with van der Waals surface area (Å²) in [6.45, 7) is 7.01. The number of aliphatic carboxylic acids is 1. The van der Waals surface area contributed by atoms with E-state index >= 15 is 0 Å². The third-order valence-corrected chi connectivity index (χ3v) is 6.06. The average molecular weight is 295 g/mol. The Hall–Kier alpha value is -1.06. The lowest BCUT2D eigenvalue weighted by Crippen LogP contribution is -2.46. The summed E-state index contributed by atoms with van der Waals surface area (Å²) in [6.07, 6.45) is 6.89. The molecule has 2 rings (SSSR count). The second-order valence-electron chi connectivity index (χ2n) is 7.29. The summed E-state index contributed by atoms with van der Waals surface area (Å²) in [5.74, 6) is -0.479. The monoisotopic (exact) mass is 295 g/mol. The van der Waals surface area contributed by atoms with Gasteiger partial charge in [-0.2, -0.15) is 0 Å². The van der Waals surface area contributed by atoms with E-state index in [1.54, 1.807) is 0 Å². The van der Waals surface area contributed by atoms with Gasteiger partial charge >= 0.3 is 5.97 Å². The Labute approximate surface area is 127 Å². The van der Waals surface area contributed by atoms with Crippen molar-refractivity contribution in [2.24, 2.45) is 16.7 Å². The van der Waals surface area contributed by atoms with Gasteiger partial charge in [-0.1, -0.05) is 40.0 Å². The molecule has 0 aromatic carbocycles. The number of rotatable bonds is 4. The Balaban J connectivity index is 2.16. The summed E-state index contributed by atoms with van der Waals surface area (Å²) in [6, 6.07) is 0. The highest BCUT2D eigenvalue weighted by atomic mass is 16.4. The van der Waals surface area contributed by atoms with Gasteiger partial charge in [0.15, 0.2) is 0 Å². The average Bonchev–Trinajstić information content (AvgIpc) is 2.93. The van der Waals surface area contributed by atoms with E-state index in [9.17, 15) is 14.7 Å². The van der Waals surface area contributed by atoms with Crippen LogP contribution in [0.2, 0.25) is 0 Å². The van der Waals surface area contributed by atoms with Crippen molar-refractivity contribution in [2.45, 2.75) is 65.7 Å². The second-order valence-corrected chi connectivity index (χ2v) is 7.29. The maximum absolute atomic E-state index is 13.0. The van der Waals surface area contributed by atoms with E-state index < -0.39 is 11.4 Å². The summed E-state index contributed by atoms with van der Waals surface area (Å²) < 4.78 is 0. The lowest BCUT2D eigenvalue weighted by atomic mass is 9.71. The van der Waals surface area contributed by atoms with Gasteiger partial charge in [0.05, 0.1) is 5.41 Å². The Morgan fingerprint density at radius 1 is 1.14 bits per heavy atom. The molecule has 1 unspecified atom stereocenters. The fourth-order valence-electron chi connectivity index (χ4n) is 4.18. The first-order valence-corrected chi connectivity index (χ1v) is 8.41. The van der Waals surface area contributed by atoms with E-state index in [0.29, 0.717) is 19.5 Å². The fraction of sp³-hybridized carbons (Fsp3) is 0.882. The zero-order chi connectivity index (χ0) is 15.7. The first-order valence-electron chi connectivity index (χ1n) is 8.41. The minimum absolute atomic E-state index is 0.0525. The smallest absolute Gasteiger partial charge is 0.311 e. The number of carboxylic acids is 1. The van der Waals surface area contributed by atoms with E-state index in [2.05, 4.69) is 6.92 Å². The van der Waals surface area contributed by atoms with Crippen molar-refractivity contribution in [1.29, 1.82) is 0 Å². The molecule has 1 aliphatic heterocycles. The third-order valence-electron chi connectivity index (χ3n) is 6.06. The van der Waals surface area contributed by atoms with Gasteiger partial charge in [0.1, 0.15) is 0 Å². The van der Waals surface area contributed by atoms with Crippen LogP contribution < -0.4 is 0 Å². The SMILES string of the molecule is CCC1(C(=O)N2CCC(C(=O)O)(C(C)C)C2)CCCCC1. The fourth-order valence-corrected chi connectivity index (χ4v) is 4.18. The topological polar surface area (TPSA) is 57.6 Å². The van der Waals surface area contributed by atoms with Crippen LogP contribution in [-0.4, -0.2) is 35.0 Å². The van der Waals surface area contributed by atoms with Gasteiger partial charge in [-0.15, -0.1) is 0 Å². The first kappa shape index (κ1) is 16.3. The van der Waals surface area contributed by atoms with E-state index in [0.717, 1.165) is 32.1 Å². The molecule has 1 aliphatic carbocycles. The van der Waals surface area contributed by atoms with Crippen molar-refractivity contribution in [3.63, 3.8) is 0 Å². The molecule has 1 heterocycles. The van der Waals surface area contributed by atoms with Crippen molar-refractivity contribution in [3.8, 4) is 0 Å². The molecule has 1 saturated carbocycles. The van der Waals surface area contributed by atoms with Crippen molar-refractivity contribution < 1.29 is 14.7 Å². The quantitative estimate of drug-likeness (QED) is 0.865. The molecular weight excluding hydrogens is 266 g/mol. The molecule has 1 amide bonds. The second kappa shape index (κ2) is 5.98. The zero-order valence-corrected chi connectivity index (χ0v) is 13.7. The van der Waals surface area contributed by atoms with Crippen LogP contribution in [0.3, 0.4) is 0 Å². The van der Waals surface area contributed by atoms with Gasteiger partial charge in [-0.3, -0.25) is 9.59 Å². The normalized spacial score (nSPS) is 28.9. The van der Waals surface area contributed by atoms with Crippen LogP contribution in [0.15, 0.2) is 0 Å². The van der Waals surface area contributed by atoms with Crippen LogP contribution in [0, 0.1) is 16.7 Å². The minimum Gasteiger partial charge on any atom is -0.481 e. The molecule has 2 fully saturated rings. The summed E-state index contributed by atoms with van der Waals surface area (Å²) in [4.78, 5) is 26.6. The van der Waals surface area contributed by atoms with Crippen LogP contribution in [0.5, 0.6) is 0 Å². The van der Waals surface area contributed by atoms with Crippen LogP contribution >= 0.6 is 0 Å². The van der Waals surface area contributed by atoms with Gasteiger partial charge in [0.25, 0.3) is 0 Å². The molecule has 1 atom stereocenters. The van der Waals surface area contributed by atoms with Gasteiger partial charge < -0.3 is 10.0 Å². The van der Waals surface area contributed by atoms with E-state index in [1.807, 2.05) is 18.7 Å². The Kier molecular flexibility index (Phi) is 4.64. The Morgan fingerprint density at radius 3 is 2.19 bits per heavy atom. The van der Waals surface area contributed by atoms with Crippen molar-refractivity contribution in [2.75, 3.05) is 13.1 Å².